The van der Waals surface area contributed by atoms with E-state index in [0.717, 1.165) is 27.9 Å². The molecule has 26 heavy (non-hydrogen) atoms. The Kier molecular flexibility index (Phi) is 7.68. The van der Waals surface area contributed by atoms with Gasteiger partial charge in [0.15, 0.2) is 0 Å². The van der Waals surface area contributed by atoms with Crippen molar-refractivity contribution in [1.29, 1.82) is 0 Å². The minimum Gasteiger partial charge on any atom is -0.489 e. The number of hydrogen-bond acceptors (Lipinski definition) is 2. The molecule has 2 aromatic rings. The normalized spacial score (nSPS) is 15.7. The van der Waals surface area contributed by atoms with E-state index in [1.807, 2.05) is 24.3 Å². The third-order valence-corrected chi connectivity index (χ3v) is 5.94. The summed E-state index contributed by atoms with van der Waals surface area (Å²) in [4.78, 5) is 0. The average Bonchev–Trinajstić information content (AvgIpc) is 2.89. The lowest BCUT2D eigenvalue weighted by Crippen LogP contribution is -2.28. The van der Waals surface area contributed by atoms with Crippen LogP contribution in [0.25, 0.3) is 0 Å². The first kappa shape index (κ1) is 20.0. The molecule has 1 N–H and O–H groups in total. The molecule has 2 nitrogen and oxygen atoms in total. The van der Waals surface area contributed by atoms with Gasteiger partial charge < -0.3 is 10.1 Å². The minimum atomic E-state index is 0.425. The molecule has 0 heterocycles. The van der Waals surface area contributed by atoms with Crippen LogP contribution < -0.4 is 10.1 Å². The summed E-state index contributed by atoms with van der Waals surface area (Å²) < 4.78 is 7.14. The first-order valence-electron chi connectivity index (χ1n) is 9.20. The molecule has 3 rings (SSSR count). The SMILES string of the molecule is Clc1ccc(COc2ccc(Br)cc2CNC2CCCCCC2)c(Cl)c1. The molecule has 1 saturated carbocycles. The van der Waals surface area contributed by atoms with E-state index in [0.29, 0.717) is 22.7 Å². The van der Waals surface area contributed by atoms with Crippen LogP contribution in [0.2, 0.25) is 10.0 Å². The van der Waals surface area contributed by atoms with Crippen LogP contribution in [-0.2, 0) is 13.2 Å². The Morgan fingerprint density at radius 1 is 0.962 bits per heavy atom. The molecule has 0 atom stereocenters. The van der Waals surface area contributed by atoms with Crippen LogP contribution in [0, 0.1) is 0 Å². The van der Waals surface area contributed by atoms with Crippen LogP contribution in [-0.4, -0.2) is 6.04 Å². The highest BCUT2D eigenvalue weighted by molar-refractivity contribution is 9.10. The van der Waals surface area contributed by atoms with E-state index < -0.39 is 0 Å². The first-order valence-corrected chi connectivity index (χ1v) is 10.8. The molecule has 0 saturated heterocycles. The van der Waals surface area contributed by atoms with E-state index in [9.17, 15) is 0 Å². The molecule has 1 fully saturated rings. The molecule has 0 amide bonds. The van der Waals surface area contributed by atoms with E-state index in [1.165, 1.54) is 38.5 Å². The summed E-state index contributed by atoms with van der Waals surface area (Å²) in [6.45, 7) is 1.24. The number of rotatable bonds is 6. The van der Waals surface area contributed by atoms with Crippen molar-refractivity contribution in [2.75, 3.05) is 0 Å². The van der Waals surface area contributed by atoms with Crippen molar-refractivity contribution < 1.29 is 4.74 Å². The van der Waals surface area contributed by atoms with Gasteiger partial charge in [-0.15, -0.1) is 0 Å². The molecule has 0 radical (unpaired) electrons. The maximum Gasteiger partial charge on any atom is 0.124 e. The maximum atomic E-state index is 6.25. The monoisotopic (exact) mass is 455 g/mol. The van der Waals surface area contributed by atoms with Gasteiger partial charge in [-0.1, -0.05) is 70.9 Å². The van der Waals surface area contributed by atoms with Crippen molar-refractivity contribution in [1.82, 2.24) is 5.32 Å². The van der Waals surface area contributed by atoms with Crippen molar-refractivity contribution >= 4 is 39.1 Å². The van der Waals surface area contributed by atoms with E-state index in [-0.39, 0.29) is 0 Å². The van der Waals surface area contributed by atoms with Crippen molar-refractivity contribution in [3.8, 4) is 5.75 Å². The van der Waals surface area contributed by atoms with Crippen molar-refractivity contribution in [3.05, 3.63) is 62.0 Å². The Balaban J connectivity index is 1.65. The molecule has 5 heteroatoms. The number of nitrogens with one attached hydrogen (secondary N) is 1. The summed E-state index contributed by atoms with van der Waals surface area (Å²) in [6, 6.07) is 12.2. The number of halogens is 3. The molecule has 2 aromatic carbocycles. The molecule has 1 aliphatic rings. The second-order valence-electron chi connectivity index (χ2n) is 6.85. The fraction of sp³-hybridized carbons (Fsp3) is 0.429. The van der Waals surface area contributed by atoms with Crippen LogP contribution in [0.3, 0.4) is 0 Å². The lowest BCUT2D eigenvalue weighted by molar-refractivity contribution is 0.301. The Bertz CT molecular complexity index is 730. The highest BCUT2D eigenvalue weighted by Gasteiger charge is 2.13. The van der Waals surface area contributed by atoms with Gasteiger partial charge in [0, 0.05) is 38.2 Å². The van der Waals surface area contributed by atoms with Gasteiger partial charge in [0.1, 0.15) is 12.4 Å². The maximum absolute atomic E-state index is 6.25. The average molecular weight is 457 g/mol. The van der Waals surface area contributed by atoms with E-state index >= 15 is 0 Å². The quantitative estimate of drug-likeness (QED) is 0.466. The zero-order chi connectivity index (χ0) is 18.4. The van der Waals surface area contributed by atoms with E-state index in [1.54, 1.807) is 6.07 Å². The minimum absolute atomic E-state index is 0.425. The van der Waals surface area contributed by atoms with E-state index in [4.69, 9.17) is 27.9 Å². The van der Waals surface area contributed by atoms with Gasteiger partial charge in [-0.3, -0.25) is 0 Å². The van der Waals surface area contributed by atoms with Crippen LogP contribution in [0.4, 0.5) is 0 Å². The second-order valence-corrected chi connectivity index (χ2v) is 8.61. The smallest absolute Gasteiger partial charge is 0.124 e. The number of benzene rings is 2. The summed E-state index contributed by atoms with van der Waals surface area (Å²) in [5.74, 6) is 0.889. The molecule has 0 spiro atoms. The molecule has 0 aliphatic heterocycles. The Morgan fingerprint density at radius 3 is 2.46 bits per heavy atom. The lowest BCUT2D eigenvalue weighted by Gasteiger charge is -2.18. The Labute approximate surface area is 174 Å². The predicted molar refractivity (Wildman–Crippen MR) is 113 cm³/mol. The summed E-state index contributed by atoms with van der Waals surface area (Å²) in [7, 11) is 0. The summed E-state index contributed by atoms with van der Waals surface area (Å²) in [5.41, 5.74) is 2.09. The Morgan fingerprint density at radius 2 is 1.73 bits per heavy atom. The molecule has 0 unspecified atom stereocenters. The summed E-state index contributed by atoms with van der Waals surface area (Å²) >= 11 is 15.8. The van der Waals surface area contributed by atoms with Crippen LogP contribution >= 0.6 is 39.1 Å². The second kappa shape index (κ2) is 9.98. The van der Waals surface area contributed by atoms with Gasteiger partial charge in [0.05, 0.1) is 0 Å². The van der Waals surface area contributed by atoms with Crippen molar-refractivity contribution in [2.45, 2.75) is 57.7 Å². The fourth-order valence-electron chi connectivity index (χ4n) is 3.36. The molecule has 140 valence electrons. The zero-order valence-corrected chi connectivity index (χ0v) is 17.8. The summed E-state index contributed by atoms with van der Waals surface area (Å²) in [5, 5.41) is 4.99. The van der Waals surface area contributed by atoms with Gasteiger partial charge in [-0.25, -0.2) is 0 Å². The topological polar surface area (TPSA) is 21.3 Å². The highest BCUT2D eigenvalue weighted by Crippen LogP contribution is 2.27. The highest BCUT2D eigenvalue weighted by atomic mass is 79.9. The van der Waals surface area contributed by atoms with Gasteiger partial charge in [0.2, 0.25) is 0 Å². The van der Waals surface area contributed by atoms with Gasteiger partial charge in [-0.2, -0.15) is 0 Å². The van der Waals surface area contributed by atoms with Crippen LogP contribution in [0.15, 0.2) is 40.9 Å². The molecule has 0 bridgehead atoms. The Hall–Kier alpha value is -0.740. The van der Waals surface area contributed by atoms with Crippen LogP contribution in [0.5, 0.6) is 5.75 Å². The van der Waals surface area contributed by atoms with Crippen LogP contribution in [0.1, 0.15) is 49.7 Å². The molecule has 0 aromatic heterocycles. The largest absolute Gasteiger partial charge is 0.489 e. The summed E-state index contributed by atoms with van der Waals surface area (Å²) in [6.07, 6.45) is 7.93. The zero-order valence-electron chi connectivity index (χ0n) is 14.7. The number of ether oxygens (including phenoxy) is 1. The predicted octanol–water partition coefficient (Wildman–Crippen LogP) is 7.15. The third kappa shape index (κ3) is 5.88. The molecular weight excluding hydrogens is 433 g/mol. The molecule has 1 aliphatic carbocycles. The van der Waals surface area contributed by atoms with Crippen molar-refractivity contribution in [3.63, 3.8) is 0 Å². The van der Waals surface area contributed by atoms with Crippen molar-refractivity contribution in [2.24, 2.45) is 0 Å². The van der Waals surface area contributed by atoms with E-state index in [2.05, 4.69) is 27.3 Å². The van der Waals surface area contributed by atoms with Gasteiger partial charge >= 0.3 is 0 Å². The lowest BCUT2D eigenvalue weighted by atomic mass is 10.1. The van der Waals surface area contributed by atoms with Gasteiger partial charge in [0.25, 0.3) is 0 Å². The molecular formula is C21H24BrCl2NO. The first-order chi connectivity index (χ1) is 12.6. The van der Waals surface area contributed by atoms with Gasteiger partial charge in [-0.05, 0) is 43.2 Å². The standard InChI is InChI=1S/C21H24BrCl2NO/c22-17-8-10-21(26-14-15-7-9-18(23)12-20(15)24)16(11-17)13-25-19-5-3-1-2-4-6-19/h7-12,19,25H,1-6,13-14H2. The third-order valence-electron chi connectivity index (χ3n) is 4.86. The fourth-order valence-corrected chi connectivity index (χ4v) is 4.23. The number of hydrogen-bond donors (Lipinski definition) is 1.